The van der Waals surface area contributed by atoms with Crippen LogP contribution in [0.1, 0.15) is 72.6 Å². The van der Waals surface area contributed by atoms with E-state index in [9.17, 15) is 0 Å². The Bertz CT molecular complexity index is 993. The van der Waals surface area contributed by atoms with Crippen LogP contribution in [0.5, 0.6) is 0 Å². The molecule has 2 heterocycles. The molecule has 168 valence electrons. The smallest absolute Gasteiger partial charge is 0.307 e. The molecule has 1 aliphatic rings. The van der Waals surface area contributed by atoms with E-state index in [0.717, 1.165) is 30.6 Å². The minimum atomic E-state index is 0.405. The molecule has 1 atom stereocenters. The van der Waals surface area contributed by atoms with Gasteiger partial charge in [-0.05, 0) is 70.1 Å². The molecule has 1 saturated carbocycles. The van der Waals surface area contributed by atoms with Crippen molar-refractivity contribution in [1.82, 2.24) is 14.5 Å². The second kappa shape index (κ2) is 9.80. The number of nitrogen functional groups attached to an aromatic ring is 1. The molecule has 5 heteroatoms. The first-order valence-electron chi connectivity index (χ1n) is 11.6. The minimum Gasteiger partial charge on any atom is -0.380 e. The SMILES string of the molecule is C=C1CCCC(C)(C)C1CC/C(C)=C\CC/C(C)=C\Cn1c[n+](C)c2ncnc(N)c21. The van der Waals surface area contributed by atoms with Gasteiger partial charge in [0.2, 0.25) is 5.52 Å². The molecule has 2 aromatic heterocycles. The van der Waals surface area contributed by atoms with Crippen LogP contribution in [-0.4, -0.2) is 14.5 Å². The zero-order valence-electron chi connectivity index (χ0n) is 20.1. The lowest BCUT2D eigenvalue weighted by atomic mass is 9.65. The molecule has 0 aliphatic heterocycles. The quantitative estimate of drug-likeness (QED) is 0.440. The highest BCUT2D eigenvalue weighted by molar-refractivity contribution is 5.79. The molecule has 2 aromatic rings. The number of aromatic nitrogens is 4. The van der Waals surface area contributed by atoms with Crippen LogP contribution >= 0.6 is 0 Å². The number of rotatable bonds is 8. The van der Waals surface area contributed by atoms with E-state index in [1.54, 1.807) is 0 Å². The molecule has 0 saturated heterocycles. The van der Waals surface area contributed by atoms with Crippen molar-refractivity contribution < 1.29 is 4.57 Å². The number of imidazole rings is 1. The van der Waals surface area contributed by atoms with E-state index in [0.29, 0.717) is 17.2 Å². The zero-order chi connectivity index (χ0) is 22.6. The summed E-state index contributed by atoms with van der Waals surface area (Å²) >= 11 is 0. The summed E-state index contributed by atoms with van der Waals surface area (Å²) in [7, 11) is 1.99. The van der Waals surface area contributed by atoms with Gasteiger partial charge in [0, 0.05) is 0 Å². The average Bonchev–Trinajstić information content (AvgIpc) is 3.02. The number of anilines is 1. The van der Waals surface area contributed by atoms with Crippen LogP contribution < -0.4 is 10.3 Å². The first-order chi connectivity index (χ1) is 14.7. The summed E-state index contributed by atoms with van der Waals surface area (Å²) in [6.07, 6.45) is 16.7. The Labute approximate surface area is 187 Å². The van der Waals surface area contributed by atoms with Crippen LogP contribution in [0.2, 0.25) is 0 Å². The number of hydrogen-bond acceptors (Lipinski definition) is 3. The van der Waals surface area contributed by atoms with Crippen molar-refractivity contribution in [1.29, 1.82) is 0 Å². The monoisotopic (exact) mass is 422 g/mol. The fourth-order valence-electron chi connectivity index (χ4n) is 5.02. The van der Waals surface area contributed by atoms with E-state index in [2.05, 4.69) is 61.0 Å². The van der Waals surface area contributed by atoms with Gasteiger partial charge in [-0.25, -0.2) is 4.57 Å². The van der Waals surface area contributed by atoms with Crippen molar-refractivity contribution >= 4 is 17.0 Å². The predicted molar refractivity (Wildman–Crippen MR) is 129 cm³/mol. The number of fused-ring (bicyclic) bond motifs is 1. The molecule has 1 fully saturated rings. The third-order valence-electron chi connectivity index (χ3n) is 7.02. The second-order valence-electron chi connectivity index (χ2n) is 10.0. The summed E-state index contributed by atoms with van der Waals surface area (Å²) in [6, 6.07) is 0. The van der Waals surface area contributed by atoms with E-state index >= 15 is 0 Å². The fourth-order valence-corrected chi connectivity index (χ4v) is 5.02. The van der Waals surface area contributed by atoms with Crippen molar-refractivity contribution in [2.75, 3.05) is 5.73 Å². The Balaban J connectivity index is 1.51. The summed E-state index contributed by atoms with van der Waals surface area (Å²) in [4.78, 5) is 8.48. The fraction of sp³-hybridized carbons (Fsp3) is 0.577. The zero-order valence-corrected chi connectivity index (χ0v) is 20.1. The van der Waals surface area contributed by atoms with Gasteiger partial charge >= 0.3 is 5.65 Å². The highest BCUT2D eigenvalue weighted by atomic mass is 15.2. The Morgan fingerprint density at radius 3 is 2.74 bits per heavy atom. The normalized spacial score (nSPS) is 19.9. The molecule has 0 radical (unpaired) electrons. The standard InChI is InChI=1S/C26H40N5/c1-19(12-13-22-21(3)11-8-15-26(22,4)5)9-7-10-20(2)14-16-31-18-30(6)25-23(31)24(27)28-17-29-25/h9,14,17-18,22H,3,7-8,10-13,15-16H2,1-2,4-6H3,(H2,27,28,29)/q+1/b19-9-,20-14-. The van der Waals surface area contributed by atoms with Gasteiger partial charge in [-0.15, -0.1) is 0 Å². The Kier molecular flexibility index (Phi) is 7.34. The van der Waals surface area contributed by atoms with E-state index in [4.69, 9.17) is 5.73 Å². The molecule has 1 unspecified atom stereocenters. The van der Waals surface area contributed by atoms with Gasteiger partial charge in [0.05, 0.1) is 13.6 Å². The molecule has 0 spiro atoms. The Morgan fingerprint density at radius 2 is 2.00 bits per heavy atom. The molecular weight excluding hydrogens is 382 g/mol. The number of allylic oxidation sites excluding steroid dienone is 5. The topological polar surface area (TPSA) is 60.6 Å². The molecule has 1 aliphatic carbocycles. The van der Waals surface area contributed by atoms with Crippen LogP contribution in [0.3, 0.4) is 0 Å². The molecule has 0 bridgehead atoms. The highest BCUT2D eigenvalue weighted by Gasteiger charge is 2.33. The maximum atomic E-state index is 6.08. The van der Waals surface area contributed by atoms with Crippen LogP contribution in [0.15, 0.2) is 48.1 Å². The van der Waals surface area contributed by atoms with Gasteiger partial charge in [0.1, 0.15) is 0 Å². The second-order valence-corrected chi connectivity index (χ2v) is 10.0. The number of aryl methyl sites for hydroxylation is 1. The lowest BCUT2D eigenvalue weighted by Gasteiger charge is -2.40. The van der Waals surface area contributed by atoms with Gasteiger partial charge in [-0.1, -0.05) is 54.3 Å². The van der Waals surface area contributed by atoms with Gasteiger partial charge < -0.3 is 5.73 Å². The van der Waals surface area contributed by atoms with Crippen LogP contribution in [0.25, 0.3) is 11.2 Å². The Hall–Kier alpha value is -2.43. The number of nitrogens with two attached hydrogens (primary N) is 1. The molecule has 31 heavy (non-hydrogen) atoms. The summed E-state index contributed by atoms with van der Waals surface area (Å²) in [5.41, 5.74) is 12.6. The molecular formula is C26H40N5+. The Morgan fingerprint density at radius 1 is 1.26 bits per heavy atom. The van der Waals surface area contributed by atoms with Gasteiger partial charge in [-0.3, -0.25) is 4.57 Å². The molecule has 2 N–H and O–H groups in total. The van der Waals surface area contributed by atoms with Gasteiger partial charge in [0.15, 0.2) is 18.5 Å². The first-order valence-corrected chi connectivity index (χ1v) is 11.6. The first kappa shape index (κ1) is 23.2. The van der Waals surface area contributed by atoms with Crippen LogP contribution in [-0.2, 0) is 13.6 Å². The number of nitrogens with zero attached hydrogens (tertiary/aromatic N) is 4. The third-order valence-corrected chi connectivity index (χ3v) is 7.02. The van der Waals surface area contributed by atoms with Crippen molar-refractivity contribution in [3.05, 3.63) is 48.1 Å². The van der Waals surface area contributed by atoms with E-state index in [1.807, 2.05) is 17.9 Å². The summed E-state index contributed by atoms with van der Waals surface area (Å²) in [5, 5.41) is 0. The molecule has 5 nitrogen and oxygen atoms in total. The van der Waals surface area contributed by atoms with Crippen molar-refractivity contribution in [2.24, 2.45) is 18.4 Å². The van der Waals surface area contributed by atoms with Gasteiger partial charge in [0.25, 0.3) is 0 Å². The van der Waals surface area contributed by atoms with Gasteiger partial charge in [-0.2, -0.15) is 4.98 Å². The van der Waals surface area contributed by atoms with Crippen molar-refractivity contribution in [3.63, 3.8) is 0 Å². The van der Waals surface area contributed by atoms with E-state index < -0.39 is 0 Å². The number of hydrogen-bond donors (Lipinski definition) is 1. The highest BCUT2D eigenvalue weighted by Crippen LogP contribution is 2.45. The summed E-state index contributed by atoms with van der Waals surface area (Å²) in [6.45, 7) is 14.5. The van der Waals surface area contributed by atoms with E-state index in [1.165, 1.54) is 55.2 Å². The van der Waals surface area contributed by atoms with E-state index in [-0.39, 0.29) is 0 Å². The lowest BCUT2D eigenvalue weighted by Crippen LogP contribution is -2.29. The molecule has 0 aromatic carbocycles. The molecule has 3 rings (SSSR count). The average molecular weight is 423 g/mol. The maximum Gasteiger partial charge on any atom is 0.307 e. The maximum absolute atomic E-state index is 6.08. The van der Waals surface area contributed by atoms with Crippen molar-refractivity contribution in [3.8, 4) is 0 Å². The largest absolute Gasteiger partial charge is 0.380 e. The minimum absolute atomic E-state index is 0.405. The van der Waals surface area contributed by atoms with Crippen LogP contribution in [0, 0.1) is 11.3 Å². The van der Waals surface area contributed by atoms with Crippen LogP contribution in [0.4, 0.5) is 5.82 Å². The third kappa shape index (κ3) is 5.63. The predicted octanol–water partition coefficient (Wildman–Crippen LogP) is 5.67. The summed E-state index contributed by atoms with van der Waals surface area (Å²) < 4.78 is 4.11. The summed E-state index contributed by atoms with van der Waals surface area (Å²) in [5.74, 6) is 1.19. The molecule has 0 amide bonds. The van der Waals surface area contributed by atoms with Crippen molar-refractivity contribution in [2.45, 2.75) is 79.2 Å². The lowest BCUT2D eigenvalue weighted by molar-refractivity contribution is -0.647.